The molecule has 0 spiro atoms. The smallest absolute Gasteiger partial charge is 0.230 e. The van der Waals surface area contributed by atoms with E-state index in [1.165, 1.54) is 19.3 Å². The maximum atomic E-state index is 5.16. The van der Waals surface area contributed by atoms with Crippen LogP contribution < -0.4 is 0 Å². The van der Waals surface area contributed by atoms with Crippen molar-refractivity contribution >= 4 is 0 Å². The monoisotopic (exact) mass is 164 g/mol. The molecule has 12 heavy (non-hydrogen) atoms. The molecule has 0 amide bonds. The summed E-state index contributed by atoms with van der Waals surface area (Å²) in [4.78, 5) is 4.28. The van der Waals surface area contributed by atoms with E-state index in [1.807, 2.05) is 6.92 Å². The van der Waals surface area contributed by atoms with Crippen LogP contribution in [-0.4, -0.2) is 10.1 Å². The summed E-state index contributed by atoms with van der Waals surface area (Å²) >= 11 is 0. The lowest BCUT2D eigenvalue weighted by Crippen LogP contribution is -1.87. The molecule has 3 heteroatoms. The van der Waals surface area contributed by atoms with Crippen LogP contribution in [0.1, 0.15) is 36.9 Å². The zero-order valence-electron chi connectivity index (χ0n) is 7.16. The molecule has 0 N–H and O–H groups in total. The molecule has 2 aliphatic rings. The molecule has 3 nitrogen and oxygen atoms in total. The molecule has 2 saturated carbocycles. The van der Waals surface area contributed by atoms with Gasteiger partial charge in [0.05, 0.1) is 0 Å². The van der Waals surface area contributed by atoms with Gasteiger partial charge in [0.15, 0.2) is 5.82 Å². The van der Waals surface area contributed by atoms with Gasteiger partial charge in [-0.1, -0.05) is 11.6 Å². The lowest BCUT2D eigenvalue weighted by molar-refractivity contribution is 0.364. The predicted octanol–water partition coefficient (Wildman–Crippen LogP) is 1.89. The van der Waals surface area contributed by atoms with Gasteiger partial charge in [0.1, 0.15) is 0 Å². The molecule has 0 aliphatic heterocycles. The maximum absolute atomic E-state index is 5.16. The molecule has 2 fully saturated rings. The van der Waals surface area contributed by atoms with Gasteiger partial charge < -0.3 is 4.52 Å². The predicted molar refractivity (Wildman–Crippen MR) is 42.6 cm³/mol. The lowest BCUT2D eigenvalue weighted by atomic mass is 10.1. The van der Waals surface area contributed by atoms with Crippen LogP contribution in [0.3, 0.4) is 0 Å². The zero-order valence-corrected chi connectivity index (χ0v) is 7.16. The quantitative estimate of drug-likeness (QED) is 0.636. The first-order valence-corrected chi connectivity index (χ1v) is 4.66. The minimum absolute atomic E-state index is 0.625. The Labute approximate surface area is 71.2 Å². The van der Waals surface area contributed by atoms with Crippen molar-refractivity contribution in [1.82, 2.24) is 10.1 Å². The number of aryl methyl sites for hydroxylation is 1. The fourth-order valence-corrected chi connectivity index (χ4v) is 2.64. The normalized spacial score (nSPS) is 38.2. The van der Waals surface area contributed by atoms with Crippen molar-refractivity contribution in [2.45, 2.75) is 32.1 Å². The van der Waals surface area contributed by atoms with Crippen molar-refractivity contribution in [2.75, 3.05) is 0 Å². The first kappa shape index (κ1) is 6.63. The van der Waals surface area contributed by atoms with E-state index in [-0.39, 0.29) is 0 Å². The van der Waals surface area contributed by atoms with Gasteiger partial charge in [0.2, 0.25) is 5.89 Å². The Kier molecular flexibility index (Phi) is 1.15. The highest BCUT2D eigenvalue weighted by Gasteiger charge is 2.56. The summed E-state index contributed by atoms with van der Waals surface area (Å²) < 4.78 is 5.16. The molecule has 3 rings (SSSR count). The molecule has 1 aromatic heterocycles. The van der Waals surface area contributed by atoms with Gasteiger partial charge in [-0.2, -0.15) is 4.98 Å². The summed E-state index contributed by atoms with van der Waals surface area (Å²) in [6.45, 7) is 1.88. The van der Waals surface area contributed by atoms with Crippen molar-refractivity contribution in [3.8, 4) is 0 Å². The molecule has 64 valence electrons. The molecular weight excluding hydrogens is 152 g/mol. The Morgan fingerprint density at radius 3 is 2.67 bits per heavy atom. The summed E-state index contributed by atoms with van der Waals surface area (Å²) in [5, 5.41) is 3.82. The molecule has 3 atom stereocenters. The average molecular weight is 164 g/mol. The molecule has 2 aliphatic carbocycles. The minimum atomic E-state index is 0.625. The number of rotatable bonds is 1. The van der Waals surface area contributed by atoms with Gasteiger partial charge in [0, 0.05) is 5.92 Å². The molecule has 0 bridgehead atoms. The van der Waals surface area contributed by atoms with Gasteiger partial charge in [-0.15, -0.1) is 0 Å². The van der Waals surface area contributed by atoms with Crippen LogP contribution in [0.15, 0.2) is 4.52 Å². The van der Waals surface area contributed by atoms with Gasteiger partial charge in [-0.05, 0) is 31.6 Å². The summed E-state index contributed by atoms with van der Waals surface area (Å²) in [5.74, 6) is 4.05. The number of fused-ring (bicyclic) bond motifs is 1. The van der Waals surface area contributed by atoms with Crippen molar-refractivity contribution in [1.29, 1.82) is 0 Å². The number of aromatic nitrogens is 2. The van der Waals surface area contributed by atoms with E-state index in [2.05, 4.69) is 10.1 Å². The van der Waals surface area contributed by atoms with Crippen LogP contribution in [0.25, 0.3) is 0 Å². The third kappa shape index (κ3) is 0.765. The largest absolute Gasteiger partial charge is 0.339 e. The second-order valence-electron chi connectivity index (χ2n) is 3.96. The molecule has 1 aromatic rings. The topological polar surface area (TPSA) is 38.9 Å². The molecular formula is C9H12N2O. The van der Waals surface area contributed by atoms with Crippen LogP contribution in [-0.2, 0) is 0 Å². The van der Waals surface area contributed by atoms with Crippen molar-refractivity contribution in [2.24, 2.45) is 11.8 Å². The number of hydrogen-bond acceptors (Lipinski definition) is 3. The van der Waals surface area contributed by atoms with Gasteiger partial charge in [-0.25, -0.2) is 0 Å². The Morgan fingerprint density at radius 1 is 1.33 bits per heavy atom. The summed E-state index contributed by atoms with van der Waals surface area (Å²) in [5.41, 5.74) is 0. The van der Waals surface area contributed by atoms with Crippen LogP contribution >= 0.6 is 0 Å². The van der Waals surface area contributed by atoms with E-state index in [0.717, 1.165) is 23.6 Å². The second kappa shape index (κ2) is 2.09. The SMILES string of the molecule is Cc1noc(C2[C@H]3CCC[C@@H]23)n1. The molecule has 0 aromatic carbocycles. The van der Waals surface area contributed by atoms with Crippen LogP contribution in [0.5, 0.6) is 0 Å². The second-order valence-corrected chi connectivity index (χ2v) is 3.96. The van der Waals surface area contributed by atoms with E-state index in [9.17, 15) is 0 Å². The van der Waals surface area contributed by atoms with Crippen LogP contribution in [0, 0.1) is 18.8 Å². The zero-order chi connectivity index (χ0) is 8.13. The van der Waals surface area contributed by atoms with E-state index >= 15 is 0 Å². The molecule has 0 radical (unpaired) electrons. The third-order valence-electron chi connectivity index (χ3n) is 3.23. The average Bonchev–Trinajstić information content (AvgIpc) is 2.55. The van der Waals surface area contributed by atoms with Crippen molar-refractivity contribution in [3.05, 3.63) is 11.7 Å². The van der Waals surface area contributed by atoms with Crippen LogP contribution in [0.4, 0.5) is 0 Å². The van der Waals surface area contributed by atoms with Crippen LogP contribution in [0.2, 0.25) is 0 Å². The fourth-order valence-electron chi connectivity index (χ4n) is 2.64. The minimum Gasteiger partial charge on any atom is -0.339 e. The molecule has 0 saturated heterocycles. The third-order valence-corrected chi connectivity index (χ3v) is 3.23. The molecule has 1 heterocycles. The van der Waals surface area contributed by atoms with Crippen molar-refractivity contribution in [3.63, 3.8) is 0 Å². The molecule has 1 unspecified atom stereocenters. The highest BCUT2D eigenvalue weighted by Crippen LogP contribution is 2.62. The Balaban J connectivity index is 1.84. The lowest BCUT2D eigenvalue weighted by Gasteiger charge is -1.94. The van der Waals surface area contributed by atoms with Crippen molar-refractivity contribution < 1.29 is 4.52 Å². The summed E-state index contributed by atoms with van der Waals surface area (Å²) in [7, 11) is 0. The van der Waals surface area contributed by atoms with E-state index in [0.29, 0.717) is 5.92 Å². The van der Waals surface area contributed by atoms with Gasteiger partial charge in [-0.3, -0.25) is 0 Å². The summed E-state index contributed by atoms with van der Waals surface area (Å²) in [6.07, 6.45) is 4.15. The Hall–Kier alpha value is -0.860. The fraction of sp³-hybridized carbons (Fsp3) is 0.778. The van der Waals surface area contributed by atoms with Gasteiger partial charge >= 0.3 is 0 Å². The maximum Gasteiger partial charge on any atom is 0.230 e. The highest BCUT2D eigenvalue weighted by molar-refractivity contribution is 5.15. The first-order chi connectivity index (χ1) is 5.86. The Morgan fingerprint density at radius 2 is 2.08 bits per heavy atom. The standard InChI is InChI=1S/C9H12N2O/c1-5-10-9(12-11-5)8-6-3-2-4-7(6)8/h6-8H,2-4H2,1H3/t6-,7+,8?. The van der Waals surface area contributed by atoms with E-state index in [1.54, 1.807) is 0 Å². The van der Waals surface area contributed by atoms with E-state index in [4.69, 9.17) is 4.52 Å². The van der Waals surface area contributed by atoms with E-state index < -0.39 is 0 Å². The highest BCUT2D eigenvalue weighted by atomic mass is 16.5. The van der Waals surface area contributed by atoms with Gasteiger partial charge in [0.25, 0.3) is 0 Å². The number of hydrogen-bond donors (Lipinski definition) is 0. The first-order valence-electron chi connectivity index (χ1n) is 4.66. The number of nitrogens with zero attached hydrogens (tertiary/aromatic N) is 2. The summed E-state index contributed by atoms with van der Waals surface area (Å²) in [6, 6.07) is 0. The Bertz CT molecular complexity index is 297.